The molecule has 1 aliphatic heterocycles. The van der Waals surface area contributed by atoms with Crippen LogP contribution in [-0.2, 0) is 9.47 Å². The maximum absolute atomic E-state index is 5.82. The van der Waals surface area contributed by atoms with Crippen LogP contribution in [0.5, 0.6) is 5.88 Å². The van der Waals surface area contributed by atoms with E-state index >= 15 is 0 Å². The molecule has 1 aromatic heterocycles. The molecule has 1 aliphatic carbocycles. The van der Waals surface area contributed by atoms with Gasteiger partial charge >= 0.3 is 0 Å². The second-order valence-electron chi connectivity index (χ2n) is 5.22. The number of hydrogen-bond donors (Lipinski definition) is 0. The SMILES string of the molecule is Cc1ccc(Br)nc1OCC1=CCC2(CC1)OCCO2. The molecule has 3 rings (SSSR count). The van der Waals surface area contributed by atoms with Gasteiger partial charge in [0.15, 0.2) is 5.79 Å². The van der Waals surface area contributed by atoms with Gasteiger partial charge in [0.05, 0.1) is 13.2 Å². The van der Waals surface area contributed by atoms with E-state index in [0.717, 1.165) is 29.4 Å². The van der Waals surface area contributed by atoms with Crippen molar-refractivity contribution >= 4 is 15.9 Å². The predicted molar refractivity (Wildman–Crippen MR) is 78.7 cm³/mol. The fraction of sp³-hybridized carbons (Fsp3) is 0.533. The fourth-order valence-electron chi connectivity index (χ4n) is 2.54. The van der Waals surface area contributed by atoms with Crippen LogP contribution < -0.4 is 4.74 Å². The van der Waals surface area contributed by atoms with Crippen molar-refractivity contribution in [2.75, 3.05) is 19.8 Å². The van der Waals surface area contributed by atoms with E-state index in [2.05, 4.69) is 27.0 Å². The average molecular weight is 340 g/mol. The highest BCUT2D eigenvalue weighted by atomic mass is 79.9. The Labute approximate surface area is 127 Å². The molecule has 0 saturated carbocycles. The minimum atomic E-state index is -0.354. The summed E-state index contributed by atoms with van der Waals surface area (Å²) < 4.78 is 18.0. The minimum Gasteiger partial charge on any atom is -0.473 e. The smallest absolute Gasteiger partial charge is 0.217 e. The van der Waals surface area contributed by atoms with Crippen LogP contribution >= 0.6 is 15.9 Å². The average Bonchev–Trinajstić information content (AvgIpc) is 2.90. The number of ether oxygens (including phenoxy) is 3. The number of aryl methyl sites for hydroxylation is 1. The zero-order chi connectivity index (χ0) is 14.0. The van der Waals surface area contributed by atoms with Crippen molar-refractivity contribution in [3.05, 3.63) is 33.9 Å². The lowest BCUT2D eigenvalue weighted by Gasteiger charge is -2.30. The molecular weight excluding hydrogens is 322 g/mol. The number of hydrogen-bond acceptors (Lipinski definition) is 4. The highest BCUT2D eigenvalue weighted by molar-refractivity contribution is 9.10. The zero-order valence-corrected chi connectivity index (χ0v) is 13.1. The standard InChI is InChI=1S/C15H18BrNO3/c1-11-2-3-13(16)17-14(11)18-10-12-4-6-15(7-5-12)19-8-9-20-15/h2-4H,5-10H2,1H3. The molecule has 20 heavy (non-hydrogen) atoms. The van der Waals surface area contributed by atoms with Gasteiger partial charge in [-0.3, -0.25) is 0 Å². The molecule has 4 nitrogen and oxygen atoms in total. The van der Waals surface area contributed by atoms with E-state index < -0.39 is 0 Å². The van der Waals surface area contributed by atoms with Crippen molar-refractivity contribution in [2.45, 2.75) is 32.0 Å². The molecule has 0 amide bonds. The van der Waals surface area contributed by atoms with Gasteiger partial charge in [0.2, 0.25) is 5.88 Å². The summed E-state index contributed by atoms with van der Waals surface area (Å²) in [5, 5.41) is 0. The summed E-state index contributed by atoms with van der Waals surface area (Å²) in [5.74, 6) is 0.335. The first-order valence-electron chi connectivity index (χ1n) is 6.89. The van der Waals surface area contributed by atoms with E-state index in [4.69, 9.17) is 14.2 Å². The molecule has 1 fully saturated rings. The van der Waals surface area contributed by atoms with Gasteiger partial charge in [-0.05, 0) is 40.9 Å². The van der Waals surface area contributed by atoms with E-state index in [-0.39, 0.29) is 5.79 Å². The van der Waals surface area contributed by atoms with Crippen molar-refractivity contribution in [2.24, 2.45) is 0 Å². The van der Waals surface area contributed by atoms with Crippen LogP contribution in [0.1, 0.15) is 24.8 Å². The number of aromatic nitrogens is 1. The Morgan fingerprint density at radius 1 is 1.35 bits per heavy atom. The molecule has 1 aromatic rings. The highest BCUT2D eigenvalue weighted by Gasteiger charge is 2.37. The van der Waals surface area contributed by atoms with Gasteiger partial charge in [-0.15, -0.1) is 0 Å². The van der Waals surface area contributed by atoms with Crippen molar-refractivity contribution in [3.8, 4) is 5.88 Å². The van der Waals surface area contributed by atoms with Gasteiger partial charge in [0.1, 0.15) is 11.2 Å². The van der Waals surface area contributed by atoms with Gasteiger partial charge in [0, 0.05) is 18.4 Å². The molecule has 2 aliphatic rings. The van der Waals surface area contributed by atoms with Gasteiger partial charge in [-0.2, -0.15) is 0 Å². The Hall–Kier alpha value is -0.910. The summed E-state index contributed by atoms with van der Waals surface area (Å²) in [6, 6.07) is 3.91. The molecule has 5 heteroatoms. The summed E-state index contributed by atoms with van der Waals surface area (Å²) >= 11 is 3.36. The quantitative estimate of drug-likeness (QED) is 0.625. The lowest BCUT2D eigenvalue weighted by Crippen LogP contribution is -2.32. The monoisotopic (exact) mass is 339 g/mol. The molecule has 0 unspecified atom stereocenters. The van der Waals surface area contributed by atoms with Crippen LogP contribution in [0, 0.1) is 6.92 Å². The molecule has 1 saturated heterocycles. The first-order chi connectivity index (χ1) is 9.67. The van der Waals surface area contributed by atoms with Gasteiger partial charge in [0.25, 0.3) is 0 Å². The van der Waals surface area contributed by atoms with Crippen LogP contribution in [0.15, 0.2) is 28.4 Å². The third-order valence-electron chi connectivity index (χ3n) is 3.75. The second kappa shape index (κ2) is 5.84. The Kier molecular flexibility index (Phi) is 4.10. The van der Waals surface area contributed by atoms with Crippen molar-refractivity contribution < 1.29 is 14.2 Å². The maximum Gasteiger partial charge on any atom is 0.217 e. The largest absolute Gasteiger partial charge is 0.473 e. The van der Waals surface area contributed by atoms with Crippen LogP contribution in [0.2, 0.25) is 0 Å². The molecule has 0 aromatic carbocycles. The Balaban J connectivity index is 1.59. The number of pyridine rings is 1. The predicted octanol–water partition coefficient (Wildman–Crippen LogP) is 3.38. The molecule has 1 spiro atoms. The summed E-state index contributed by atoms with van der Waals surface area (Å²) in [4.78, 5) is 4.35. The van der Waals surface area contributed by atoms with Crippen LogP contribution in [0.4, 0.5) is 0 Å². The first kappa shape index (κ1) is 14.0. The van der Waals surface area contributed by atoms with Crippen molar-refractivity contribution in [1.29, 1.82) is 0 Å². The maximum atomic E-state index is 5.82. The topological polar surface area (TPSA) is 40.6 Å². The van der Waals surface area contributed by atoms with E-state index in [1.165, 1.54) is 5.57 Å². The Morgan fingerprint density at radius 3 is 2.85 bits per heavy atom. The summed E-state index contributed by atoms with van der Waals surface area (Å²) in [6.07, 6.45) is 4.86. The number of nitrogens with zero attached hydrogens (tertiary/aromatic N) is 1. The normalized spacial score (nSPS) is 21.0. The van der Waals surface area contributed by atoms with E-state index in [1.807, 2.05) is 19.1 Å². The lowest BCUT2D eigenvalue weighted by atomic mass is 9.94. The lowest BCUT2D eigenvalue weighted by molar-refractivity contribution is -0.161. The molecule has 108 valence electrons. The van der Waals surface area contributed by atoms with Crippen molar-refractivity contribution in [1.82, 2.24) is 4.98 Å². The van der Waals surface area contributed by atoms with Gasteiger partial charge in [-0.1, -0.05) is 12.1 Å². The van der Waals surface area contributed by atoms with Crippen LogP contribution in [0.3, 0.4) is 0 Å². The molecule has 2 heterocycles. The minimum absolute atomic E-state index is 0.354. The third kappa shape index (κ3) is 3.05. The summed E-state index contributed by atoms with van der Waals surface area (Å²) in [5.41, 5.74) is 2.33. The molecular formula is C15H18BrNO3. The Bertz CT molecular complexity index is 524. The second-order valence-corrected chi connectivity index (χ2v) is 6.03. The highest BCUT2D eigenvalue weighted by Crippen LogP contribution is 2.35. The molecule has 0 radical (unpaired) electrons. The van der Waals surface area contributed by atoms with Crippen LogP contribution in [-0.4, -0.2) is 30.6 Å². The number of rotatable bonds is 3. The Morgan fingerprint density at radius 2 is 2.15 bits per heavy atom. The zero-order valence-electron chi connectivity index (χ0n) is 11.5. The molecule has 0 N–H and O–H groups in total. The van der Waals surface area contributed by atoms with E-state index in [9.17, 15) is 0 Å². The van der Waals surface area contributed by atoms with Crippen LogP contribution in [0.25, 0.3) is 0 Å². The van der Waals surface area contributed by atoms with E-state index in [1.54, 1.807) is 0 Å². The van der Waals surface area contributed by atoms with Gasteiger partial charge in [-0.25, -0.2) is 4.98 Å². The summed E-state index contributed by atoms with van der Waals surface area (Å²) in [7, 11) is 0. The van der Waals surface area contributed by atoms with Gasteiger partial charge < -0.3 is 14.2 Å². The molecule has 0 atom stereocenters. The summed E-state index contributed by atoms with van der Waals surface area (Å²) in [6.45, 7) is 4.00. The third-order valence-corrected chi connectivity index (χ3v) is 4.19. The first-order valence-corrected chi connectivity index (χ1v) is 7.68. The number of halogens is 1. The van der Waals surface area contributed by atoms with Crippen molar-refractivity contribution in [3.63, 3.8) is 0 Å². The fourth-order valence-corrected chi connectivity index (χ4v) is 2.83. The molecule has 0 bridgehead atoms. The van der Waals surface area contributed by atoms with E-state index in [0.29, 0.717) is 25.7 Å².